The highest BCUT2D eigenvalue weighted by Crippen LogP contribution is 2.58. The predicted octanol–water partition coefficient (Wildman–Crippen LogP) is 6.61. The van der Waals surface area contributed by atoms with Crippen LogP contribution in [0.5, 0.6) is 0 Å². The fourth-order valence-corrected chi connectivity index (χ4v) is 5.21. The van der Waals surface area contributed by atoms with Crippen molar-refractivity contribution in [3.63, 3.8) is 0 Å². The summed E-state index contributed by atoms with van der Waals surface area (Å²) < 4.78 is 0. The molecule has 116 valence electrons. The molecule has 20 heavy (non-hydrogen) atoms. The molecule has 0 heterocycles. The molecule has 0 saturated heterocycles. The molecule has 2 unspecified atom stereocenters. The number of hydrogen-bond acceptors (Lipinski definition) is 0. The Hall–Kier alpha value is -0.260. The zero-order valence-electron chi connectivity index (χ0n) is 14.8. The van der Waals surface area contributed by atoms with Gasteiger partial charge < -0.3 is 0 Å². The van der Waals surface area contributed by atoms with Crippen LogP contribution in [0.3, 0.4) is 0 Å². The van der Waals surface area contributed by atoms with Crippen molar-refractivity contribution in [1.82, 2.24) is 0 Å². The van der Waals surface area contributed by atoms with E-state index in [1.54, 1.807) is 5.57 Å². The van der Waals surface area contributed by atoms with Gasteiger partial charge in [0.25, 0.3) is 0 Å². The first-order chi connectivity index (χ1) is 9.24. The van der Waals surface area contributed by atoms with Gasteiger partial charge in [0.1, 0.15) is 0 Å². The van der Waals surface area contributed by atoms with Gasteiger partial charge in [-0.1, -0.05) is 59.1 Å². The van der Waals surface area contributed by atoms with Gasteiger partial charge in [0.05, 0.1) is 0 Å². The maximum atomic E-state index is 2.60. The lowest BCUT2D eigenvalue weighted by molar-refractivity contribution is 0.105. The van der Waals surface area contributed by atoms with Gasteiger partial charge in [-0.25, -0.2) is 0 Å². The summed E-state index contributed by atoms with van der Waals surface area (Å²) in [6, 6.07) is 0. The third-order valence-corrected chi connectivity index (χ3v) is 6.38. The maximum absolute atomic E-state index is 2.60. The molecule has 0 aromatic heterocycles. The Labute approximate surface area is 127 Å². The summed E-state index contributed by atoms with van der Waals surface area (Å²) >= 11 is 0. The van der Waals surface area contributed by atoms with E-state index in [1.165, 1.54) is 44.9 Å². The molecule has 0 aromatic carbocycles. The molecule has 2 rings (SSSR count). The monoisotopic (exact) mass is 276 g/mol. The minimum atomic E-state index is 0.506. The van der Waals surface area contributed by atoms with Crippen LogP contribution in [0, 0.1) is 28.6 Å². The standard InChI is InChI=1S/C20H36/c1-15(9-7-13-19(3,4)5)17-11-12-18-16(2)10-8-14-20(17,18)6/h10,15,17-18H,7-9,11-14H2,1-6H3/t15?,17-,18?,20-/m1/s1. The van der Waals surface area contributed by atoms with Crippen LogP contribution in [0.4, 0.5) is 0 Å². The van der Waals surface area contributed by atoms with Crippen molar-refractivity contribution in [3.8, 4) is 0 Å². The van der Waals surface area contributed by atoms with Crippen molar-refractivity contribution in [2.45, 2.75) is 86.5 Å². The van der Waals surface area contributed by atoms with Crippen LogP contribution < -0.4 is 0 Å². The molecule has 0 radical (unpaired) electrons. The van der Waals surface area contributed by atoms with E-state index in [9.17, 15) is 0 Å². The first kappa shape index (κ1) is 16.1. The first-order valence-corrected chi connectivity index (χ1v) is 8.91. The lowest BCUT2D eigenvalue weighted by Gasteiger charge is -2.43. The molecular weight excluding hydrogens is 240 g/mol. The van der Waals surface area contributed by atoms with Gasteiger partial charge in [0.2, 0.25) is 0 Å². The first-order valence-electron chi connectivity index (χ1n) is 8.91. The molecule has 2 aliphatic rings. The average Bonchev–Trinajstić information content (AvgIpc) is 2.66. The molecule has 0 aromatic rings. The van der Waals surface area contributed by atoms with E-state index in [2.05, 4.69) is 47.6 Å². The van der Waals surface area contributed by atoms with Gasteiger partial charge in [-0.3, -0.25) is 0 Å². The number of fused-ring (bicyclic) bond motifs is 1. The van der Waals surface area contributed by atoms with Gasteiger partial charge in [-0.05, 0) is 67.6 Å². The molecule has 0 aliphatic heterocycles. The van der Waals surface area contributed by atoms with Gasteiger partial charge in [-0.2, -0.15) is 0 Å². The summed E-state index contributed by atoms with van der Waals surface area (Å²) in [4.78, 5) is 0. The van der Waals surface area contributed by atoms with Crippen LogP contribution >= 0.6 is 0 Å². The van der Waals surface area contributed by atoms with E-state index in [0.29, 0.717) is 10.8 Å². The van der Waals surface area contributed by atoms with Gasteiger partial charge in [0.15, 0.2) is 0 Å². The highest BCUT2D eigenvalue weighted by molar-refractivity contribution is 5.17. The van der Waals surface area contributed by atoms with Crippen LogP contribution in [0.15, 0.2) is 11.6 Å². The number of allylic oxidation sites excluding steroid dienone is 2. The largest absolute Gasteiger partial charge is 0.0853 e. The third kappa shape index (κ3) is 3.31. The van der Waals surface area contributed by atoms with Crippen LogP contribution in [-0.4, -0.2) is 0 Å². The quantitative estimate of drug-likeness (QED) is 0.507. The Bertz CT molecular complexity index is 357. The van der Waals surface area contributed by atoms with Gasteiger partial charge in [-0.15, -0.1) is 0 Å². The molecule has 0 N–H and O–H groups in total. The molecule has 0 bridgehead atoms. The van der Waals surface area contributed by atoms with Crippen molar-refractivity contribution in [2.24, 2.45) is 28.6 Å². The van der Waals surface area contributed by atoms with Crippen molar-refractivity contribution in [3.05, 3.63) is 11.6 Å². The number of rotatable bonds is 4. The van der Waals surface area contributed by atoms with Crippen molar-refractivity contribution in [1.29, 1.82) is 0 Å². The van der Waals surface area contributed by atoms with E-state index in [1.807, 2.05) is 0 Å². The maximum Gasteiger partial charge on any atom is -0.0149 e. The molecule has 0 nitrogen and oxygen atoms in total. The highest BCUT2D eigenvalue weighted by atomic mass is 14.5. The Balaban J connectivity index is 1.94. The third-order valence-electron chi connectivity index (χ3n) is 6.38. The second kappa shape index (κ2) is 5.85. The van der Waals surface area contributed by atoms with Crippen LogP contribution in [0.25, 0.3) is 0 Å². The number of hydrogen-bond donors (Lipinski definition) is 0. The Morgan fingerprint density at radius 1 is 1.30 bits per heavy atom. The fourth-order valence-electron chi connectivity index (χ4n) is 5.21. The van der Waals surface area contributed by atoms with E-state index in [4.69, 9.17) is 0 Å². The zero-order valence-corrected chi connectivity index (χ0v) is 14.8. The van der Waals surface area contributed by atoms with E-state index in [0.717, 1.165) is 17.8 Å². The predicted molar refractivity (Wildman–Crippen MR) is 89.8 cm³/mol. The summed E-state index contributed by atoms with van der Waals surface area (Å²) in [5, 5.41) is 0. The molecular formula is C20H36. The summed E-state index contributed by atoms with van der Waals surface area (Å²) in [6.07, 6.45) is 12.4. The second-order valence-corrected chi connectivity index (χ2v) is 9.16. The Morgan fingerprint density at radius 3 is 2.65 bits per heavy atom. The summed E-state index contributed by atoms with van der Waals surface area (Å²) in [6.45, 7) is 14.6. The van der Waals surface area contributed by atoms with E-state index >= 15 is 0 Å². The van der Waals surface area contributed by atoms with Gasteiger partial charge >= 0.3 is 0 Å². The average molecular weight is 277 g/mol. The molecule has 4 atom stereocenters. The molecule has 0 amide bonds. The van der Waals surface area contributed by atoms with E-state index < -0.39 is 0 Å². The SMILES string of the molecule is CC1=CCC[C@@]2(C)C1CC[C@@H]2C(C)CCCC(C)(C)C. The second-order valence-electron chi connectivity index (χ2n) is 9.16. The minimum Gasteiger partial charge on any atom is -0.0853 e. The summed E-state index contributed by atoms with van der Waals surface area (Å²) in [7, 11) is 0. The Kier molecular flexibility index (Phi) is 4.72. The molecule has 0 spiro atoms. The molecule has 2 aliphatic carbocycles. The van der Waals surface area contributed by atoms with Crippen LogP contribution in [0.2, 0.25) is 0 Å². The summed E-state index contributed by atoms with van der Waals surface area (Å²) in [5.41, 5.74) is 2.81. The fraction of sp³-hybridized carbons (Fsp3) is 0.900. The molecule has 1 saturated carbocycles. The smallest absolute Gasteiger partial charge is 0.0149 e. The summed E-state index contributed by atoms with van der Waals surface area (Å²) in [5.74, 6) is 2.78. The van der Waals surface area contributed by atoms with Crippen LogP contribution in [-0.2, 0) is 0 Å². The van der Waals surface area contributed by atoms with E-state index in [-0.39, 0.29) is 0 Å². The Morgan fingerprint density at radius 2 is 2.00 bits per heavy atom. The van der Waals surface area contributed by atoms with Crippen molar-refractivity contribution in [2.75, 3.05) is 0 Å². The minimum absolute atomic E-state index is 0.506. The molecule has 1 fully saturated rings. The topological polar surface area (TPSA) is 0 Å². The normalized spacial score (nSPS) is 35.6. The van der Waals surface area contributed by atoms with Crippen LogP contribution in [0.1, 0.15) is 86.5 Å². The molecule has 0 heteroatoms. The zero-order chi connectivity index (χ0) is 15.0. The highest BCUT2D eigenvalue weighted by Gasteiger charge is 2.49. The van der Waals surface area contributed by atoms with Crippen molar-refractivity contribution >= 4 is 0 Å². The lowest BCUT2D eigenvalue weighted by atomic mass is 9.62. The van der Waals surface area contributed by atoms with Crippen molar-refractivity contribution < 1.29 is 0 Å². The lowest BCUT2D eigenvalue weighted by Crippen LogP contribution is -2.34. The van der Waals surface area contributed by atoms with Gasteiger partial charge in [0, 0.05) is 0 Å².